The Bertz CT molecular complexity index is 746. The molecule has 0 bridgehead atoms. The van der Waals surface area contributed by atoms with Gasteiger partial charge in [-0.15, -0.1) is 0 Å². The first-order valence-electron chi connectivity index (χ1n) is 9.35. The Morgan fingerprint density at radius 2 is 2.08 bits per heavy atom. The molecule has 0 aromatic carbocycles. The smallest absolute Gasteiger partial charge is 0.255 e. The van der Waals surface area contributed by atoms with E-state index in [-0.39, 0.29) is 18.1 Å². The average molecular weight is 352 g/mol. The molecule has 2 aromatic rings. The molecule has 2 aromatic heterocycles. The molecule has 2 aliphatic rings. The van der Waals surface area contributed by atoms with Gasteiger partial charge in [0.1, 0.15) is 5.82 Å². The van der Waals surface area contributed by atoms with Crippen molar-refractivity contribution in [3.05, 3.63) is 54.0 Å². The van der Waals surface area contributed by atoms with E-state index in [2.05, 4.69) is 20.2 Å². The van der Waals surface area contributed by atoms with E-state index in [1.165, 1.54) is 0 Å². The number of ether oxygens (including phenoxy) is 1. The molecule has 0 saturated carbocycles. The fourth-order valence-corrected chi connectivity index (χ4v) is 3.81. The van der Waals surface area contributed by atoms with Gasteiger partial charge in [0.25, 0.3) is 5.91 Å². The van der Waals surface area contributed by atoms with Gasteiger partial charge in [0.15, 0.2) is 0 Å². The van der Waals surface area contributed by atoms with Crippen molar-refractivity contribution >= 4 is 11.7 Å². The van der Waals surface area contributed by atoms with Crippen LogP contribution in [0.2, 0.25) is 0 Å². The van der Waals surface area contributed by atoms with E-state index in [4.69, 9.17) is 4.74 Å². The Morgan fingerprint density at radius 3 is 2.88 bits per heavy atom. The van der Waals surface area contributed by atoms with Crippen LogP contribution in [0, 0.1) is 0 Å². The number of carbonyl (C=O) groups is 1. The number of carbonyl (C=O) groups excluding carboxylic acids is 1. The Kier molecular flexibility index (Phi) is 5.11. The van der Waals surface area contributed by atoms with Crippen molar-refractivity contribution in [3.8, 4) is 0 Å². The zero-order chi connectivity index (χ0) is 17.8. The highest BCUT2D eigenvalue weighted by Crippen LogP contribution is 2.35. The normalized spacial score (nSPS) is 22.5. The standard InChI is InChI=1S/C20H24N4O2/c25-20(23-14-15-6-5-13-26-15)16-7-3-11-22-19(16)24-12-4-9-18(24)17-8-1-2-10-21-17/h1-3,7-8,10-11,15,18H,4-6,9,12-14H2,(H,23,25)/t15-,18?/m0/s1. The van der Waals surface area contributed by atoms with E-state index in [1.54, 1.807) is 6.20 Å². The summed E-state index contributed by atoms with van der Waals surface area (Å²) in [5.74, 6) is 0.653. The zero-order valence-electron chi connectivity index (χ0n) is 14.8. The molecule has 1 unspecified atom stereocenters. The molecule has 0 spiro atoms. The Hall–Kier alpha value is -2.47. The van der Waals surface area contributed by atoms with E-state index in [1.807, 2.05) is 36.5 Å². The summed E-state index contributed by atoms with van der Waals surface area (Å²) in [4.78, 5) is 24.0. The van der Waals surface area contributed by atoms with Gasteiger partial charge in [0.05, 0.1) is 23.4 Å². The first kappa shape index (κ1) is 17.0. The van der Waals surface area contributed by atoms with Gasteiger partial charge >= 0.3 is 0 Å². The third-order valence-corrected chi connectivity index (χ3v) is 5.10. The number of anilines is 1. The fourth-order valence-electron chi connectivity index (χ4n) is 3.81. The summed E-state index contributed by atoms with van der Waals surface area (Å²) in [5, 5.41) is 3.01. The lowest BCUT2D eigenvalue weighted by Crippen LogP contribution is -2.34. The molecular weight excluding hydrogens is 328 g/mol. The lowest BCUT2D eigenvalue weighted by Gasteiger charge is -2.27. The number of hydrogen-bond donors (Lipinski definition) is 1. The molecule has 2 saturated heterocycles. The highest BCUT2D eigenvalue weighted by Gasteiger charge is 2.30. The van der Waals surface area contributed by atoms with Crippen molar-refractivity contribution in [2.75, 3.05) is 24.6 Å². The lowest BCUT2D eigenvalue weighted by atomic mass is 10.1. The second kappa shape index (κ2) is 7.83. The van der Waals surface area contributed by atoms with E-state index in [9.17, 15) is 4.79 Å². The molecule has 1 amide bonds. The van der Waals surface area contributed by atoms with Crippen LogP contribution in [-0.4, -0.2) is 41.7 Å². The van der Waals surface area contributed by atoms with Crippen LogP contribution >= 0.6 is 0 Å². The molecular formula is C20H24N4O2. The van der Waals surface area contributed by atoms with E-state index >= 15 is 0 Å². The van der Waals surface area contributed by atoms with Gasteiger partial charge in [-0.2, -0.15) is 0 Å². The Labute approximate surface area is 153 Å². The maximum Gasteiger partial charge on any atom is 0.255 e. The predicted molar refractivity (Wildman–Crippen MR) is 99.1 cm³/mol. The maximum absolute atomic E-state index is 12.8. The molecule has 2 fully saturated rings. The van der Waals surface area contributed by atoms with Gasteiger partial charge in [0, 0.05) is 32.1 Å². The summed E-state index contributed by atoms with van der Waals surface area (Å²) in [6.07, 6.45) is 7.86. The number of nitrogens with one attached hydrogen (secondary N) is 1. The largest absolute Gasteiger partial charge is 0.376 e. The topological polar surface area (TPSA) is 67.3 Å². The van der Waals surface area contributed by atoms with Crippen LogP contribution in [0.15, 0.2) is 42.7 Å². The summed E-state index contributed by atoms with van der Waals surface area (Å²) in [6, 6.07) is 9.80. The number of pyridine rings is 2. The fraction of sp³-hybridized carbons (Fsp3) is 0.450. The first-order valence-corrected chi connectivity index (χ1v) is 9.35. The van der Waals surface area contributed by atoms with Gasteiger partial charge in [0.2, 0.25) is 0 Å². The summed E-state index contributed by atoms with van der Waals surface area (Å²) in [5.41, 5.74) is 1.65. The van der Waals surface area contributed by atoms with E-state index in [0.717, 1.165) is 50.3 Å². The van der Waals surface area contributed by atoms with Crippen LogP contribution in [0.25, 0.3) is 0 Å². The molecule has 136 valence electrons. The second-order valence-electron chi connectivity index (χ2n) is 6.83. The molecule has 2 atom stereocenters. The molecule has 2 aliphatic heterocycles. The Balaban J connectivity index is 1.54. The van der Waals surface area contributed by atoms with Crippen molar-refractivity contribution in [1.29, 1.82) is 0 Å². The lowest BCUT2D eigenvalue weighted by molar-refractivity contribution is 0.0858. The SMILES string of the molecule is O=C(NC[C@@H]1CCCO1)c1cccnc1N1CCCC1c1ccccn1. The number of nitrogens with zero attached hydrogens (tertiary/aromatic N) is 3. The quantitative estimate of drug-likeness (QED) is 0.896. The number of aromatic nitrogens is 2. The number of hydrogen-bond acceptors (Lipinski definition) is 5. The first-order chi connectivity index (χ1) is 12.8. The molecule has 4 rings (SSSR count). The van der Waals surface area contributed by atoms with Gasteiger partial charge < -0.3 is 15.0 Å². The second-order valence-corrected chi connectivity index (χ2v) is 6.83. The molecule has 4 heterocycles. The third-order valence-electron chi connectivity index (χ3n) is 5.10. The van der Waals surface area contributed by atoms with Crippen LogP contribution in [0.3, 0.4) is 0 Å². The number of rotatable bonds is 5. The van der Waals surface area contributed by atoms with Crippen LogP contribution in [0.4, 0.5) is 5.82 Å². The maximum atomic E-state index is 12.8. The monoisotopic (exact) mass is 352 g/mol. The van der Waals surface area contributed by atoms with Crippen molar-refractivity contribution in [1.82, 2.24) is 15.3 Å². The van der Waals surface area contributed by atoms with Crippen molar-refractivity contribution in [2.45, 2.75) is 37.8 Å². The summed E-state index contributed by atoms with van der Waals surface area (Å²) in [7, 11) is 0. The van der Waals surface area contributed by atoms with Gasteiger partial charge in [-0.25, -0.2) is 4.98 Å². The minimum Gasteiger partial charge on any atom is -0.376 e. The van der Waals surface area contributed by atoms with Crippen molar-refractivity contribution in [2.24, 2.45) is 0 Å². The zero-order valence-corrected chi connectivity index (χ0v) is 14.8. The van der Waals surface area contributed by atoms with Crippen LogP contribution in [0.5, 0.6) is 0 Å². The summed E-state index contributed by atoms with van der Waals surface area (Å²) in [6.45, 7) is 2.22. The van der Waals surface area contributed by atoms with E-state index < -0.39 is 0 Å². The minimum atomic E-state index is -0.0877. The van der Waals surface area contributed by atoms with Gasteiger partial charge in [-0.05, 0) is 49.9 Å². The summed E-state index contributed by atoms with van der Waals surface area (Å²) < 4.78 is 5.60. The molecule has 6 nitrogen and oxygen atoms in total. The average Bonchev–Trinajstić information content (AvgIpc) is 3.38. The molecule has 0 radical (unpaired) electrons. The molecule has 0 aliphatic carbocycles. The van der Waals surface area contributed by atoms with Crippen molar-refractivity contribution < 1.29 is 9.53 Å². The highest BCUT2D eigenvalue weighted by molar-refractivity contribution is 5.99. The van der Waals surface area contributed by atoms with Crippen LogP contribution in [-0.2, 0) is 4.74 Å². The summed E-state index contributed by atoms with van der Waals surface area (Å²) >= 11 is 0. The highest BCUT2D eigenvalue weighted by atomic mass is 16.5. The molecule has 1 N–H and O–H groups in total. The van der Waals surface area contributed by atoms with Crippen LogP contribution in [0.1, 0.15) is 47.8 Å². The van der Waals surface area contributed by atoms with Gasteiger partial charge in [-0.1, -0.05) is 6.07 Å². The minimum absolute atomic E-state index is 0.0877. The Morgan fingerprint density at radius 1 is 1.15 bits per heavy atom. The molecule has 6 heteroatoms. The van der Waals surface area contributed by atoms with Crippen molar-refractivity contribution in [3.63, 3.8) is 0 Å². The number of amides is 1. The third kappa shape index (κ3) is 3.55. The predicted octanol–water partition coefficient (Wildman–Crippen LogP) is 2.73. The van der Waals surface area contributed by atoms with Gasteiger partial charge in [-0.3, -0.25) is 9.78 Å². The van der Waals surface area contributed by atoms with E-state index in [0.29, 0.717) is 12.1 Å². The molecule has 26 heavy (non-hydrogen) atoms. The van der Waals surface area contributed by atoms with Crippen LogP contribution < -0.4 is 10.2 Å².